The van der Waals surface area contributed by atoms with Gasteiger partial charge < -0.3 is 23.9 Å². The van der Waals surface area contributed by atoms with Crippen LogP contribution in [0.2, 0.25) is 0 Å². The molecule has 2 aromatic carbocycles. The standard InChI is InChI=1S/C27H26N4O3S/c1-4-18-7-9-20(10-8-18)25-29-26(34-30-25)23-17(2)31(16-22-6-5-15-33-22)27(35)28-24(23)19-11-13-21(32-3)14-12-19/h5-15,24H,4,16H2,1-3H3,(H,28,35). The Balaban J connectivity index is 1.57. The number of nitrogens with zero attached hydrogens (tertiary/aromatic N) is 3. The maximum Gasteiger partial charge on any atom is 0.258 e. The zero-order valence-corrected chi connectivity index (χ0v) is 20.6. The Morgan fingerprint density at radius 3 is 2.51 bits per heavy atom. The van der Waals surface area contributed by atoms with Crippen molar-refractivity contribution in [1.29, 1.82) is 0 Å². The topological polar surface area (TPSA) is 76.6 Å². The van der Waals surface area contributed by atoms with E-state index in [2.05, 4.69) is 29.5 Å². The summed E-state index contributed by atoms with van der Waals surface area (Å²) in [4.78, 5) is 6.77. The first-order valence-corrected chi connectivity index (χ1v) is 11.9. The number of thiocarbonyl (C=S) groups is 1. The summed E-state index contributed by atoms with van der Waals surface area (Å²) in [5.74, 6) is 2.57. The first-order valence-electron chi connectivity index (χ1n) is 11.5. The van der Waals surface area contributed by atoms with Crippen molar-refractivity contribution in [2.45, 2.75) is 32.9 Å². The molecule has 0 fully saturated rings. The van der Waals surface area contributed by atoms with Gasteiger partial charge in [-0.2, -0.15) is 4.98 Å². The van der Waals surface area contributed by atoms with E-state index in [-0.39, 0.29) is 6.04 Å². The molecule has 0 amide bonds. The number of methoxy groups -OCH3 is 1. The molecule has 3 heterocycles. The fraction of sp³-hybridized carbons (Fsp3) is 0.222. The predicted octanol–water partition coefficient (Wildman–Crippen LogP) is 5.76. The van der Waals surface area contributed by atoms with E-state index in [1.54, 1.807) is 13.4 Å². The van der Waals surface area contributed by atoms with E-state index < -0.39 is 0 Å². The number of aryl methyl sites for hydroxylation is 1. The normalized spacial score (nSPS) is 15.9. The number of ether oxygens (including phenoxy) is 1. The molecule has 4 aromatic rings. The minimum Gasteiger partial charge on any atom is -0.497 e. The van der Waals surface area contributed by atoms with Crippen molar-refractivity contribution in [3.8, 4) is 17.1 Å². The average molecular weight is 487 g/mol. The largest absolute Gasteiger partial charge is 0.497 e. The van der Waals surface area contributed by atoms with E-state index in [1.807, 2.05) is 60.4 Å². The van der Waals surface area contributed by atoms with E-state index in [0.29, 0.717) is 23.4 Å². The summed E-state index contributed by atoms with van der Waals surface area (Å²) < 4.78 is 16.7. The first kappa shape index (κ1) is 22.9. The summed E-state index contributed by atoms with van der Waals surface area (Å²) >= 11 is 5.76. The van der Waals surface area contributed by atoms with E-state index in [4.69, 9.17) is 30.9 Å². The maximum atomic E-state index is 5.82. The number of aromatic nitrogens is 2. The van der Waals surface area contributed by atoms with Crippen molar-refractivity contribution < 1.29 is 13.7 Å². The van der Waals surface area contributed by atoms with Gasteiger partial charge in [0.15, 0.2) is 5.11 Å². The molecule has 1 N–H and O–H groups in total. The van der Waals surface area contributed by atoms with Gasteiger partial charge in [-0.3, -0.25) is 0 Å². The molecule has 8 heteroatoms. The smallest absolute Gasteiger partial charge is 0.258 e. The number of furan rings is 1. The summed E-state index contributed by atoms with van der Waals surface area (Å²) in [6.45, 7) is 4.63. The molecule has 0 saturated carbocycles. The Morgan fingerprint density at radius 1 is 1.09 bits per heavy atom. The van der Waals surface area contributed by atoms with Crippen molar-refractivity contribution in [2.24, 2.45) is 0 Å². The number of benzene rings is 2. The Bertz CT molecular complexity index is 1340. The maximum absolute atomic E-state index is 5.82. The second-order valence-electron chi connectivity index (χ2n) is 8.29. The van der Waals surface area contributed by atoms with Gasteiger partial charge in [0.05, 0.1) is 31.5 Å². The molecule has 1 aliphatic heterocycles. The van der Waals surface area contributed by atoms with E-state index in [0.717, 1.165) is 40.3 Å². The van der Waals surface area contributed by atoms with Crippen LogP contribution in [0.4, 0.5) is 0 Å². The van der Waals surface area contributed by atoms with Crippen LogP contribution in [0.5, 0.6) is 5.75 Å². The van der Waals surface area contributed by atoms with Crippen LogP contribution >= 0.6 is 12.2 Å². The van der Waals surface area contributed by atoms with Crippen LogP contribution in [-0.4, -0.2) is 27.3 Å². The molecule has 0 radical (unpaired) electrons. The van der Waals surface area contributed by atoms with Crippen LogP contribution < -0.4 is 10.1 Å². The summed E-state index contributed by atoms with van der Waals surface area (Å²) in [7, 11) is 1.65. The lowest BCUT2D eigenvalue weighted by molar-refractivity contribution is 0.382. The highest BCUT2D eigenvalue weighted by molar-refractivity contribution is 7.80. The second kappa shape index (κ2) is 9.76. The molecule has 0 saturated heterocycles. The van der Waals surface area contributed by atoms with Gasteiger partial charge in [-0.1, -0.05) is 48.5 Å². The SMILES string of the molecule is CCc1ccc(-c2noc(C3=C(C)N(Cc4ccco4)C(=S)NC3c3ccc(OC)cc3)n2)cc1. The van der Waals surface area contributed by atoms with Crippen molar-refractivity contribution in [2.75, 3.05) is 7.11 Å². The van der Waals surface area contributed by atoms with Gasteiger partial charge in [0.2, 0.25) is 5.82 Å². The van der Waals surface area contributed by atoms with Crippen molar-refractivity contribution >= 4 is 22.9 Å². The van der Waals surface area contributed by atoms with Crippen LogP contribution in [-0.2, 0) is 13.0 Å². The zero-order valence-electron chi connectivity index (χ0n) is 19.8. The number of hydrogen-bond donors (Lipinski definition) is 1. The van der Waals surface area contributed by atoms with E-state index in [1.165, 1.54) is 5.56 Å². The highest BCUT2D eigenvalue weighted by atomic mass is 32.1. The van der Waals surface area contributed by atoms with E-state index in [9.17, 15) is 0 Å². The summed E-state index contributed by atoms with van der Waals surface area (Å²) in [5, 5.41) is 8.35. The van der Waals surface area contributed by atoms with Gasteiger partial charge in [-0.15, -0.1) is 0 Å². The van der Waals surface area contributed by atoms with Crippen LogP contribution in [0, 0.1) is 0 Å². The molecule has 178 valence electrons. The van der Waals surface area contributed by atoms with Crippen molar-refractivity contribution in [1.82, 2.24) is 20.4 Å². The molecule has 1 atom stereocenters. The lowest BCUT2D eigenvalue weighted by Gasteiger charge is -2.37. The second-order valence-corrected chi connectivity index (χ2v) is 8.68. The monoisotopic (exact) mass is 486 g/mol. The predicted molar refractivity (Wildman–Crippen MR) is 137 cm³/mol. The molecule has 2 aromatic heterocycles. The first-order chi connectivity index (χ1) is 17.1. The molecule has 5 rings (SSSR count). The Kier molecular flexibility index (Phi) is 6.37. The van der Waals surface area contributed by atoms with Gasteiger partial charge >= 0.3 is 0 Å². The lowest BCUT2D eigenvalue weighted by Crippen LogP contribution is -2.45. The Labute approximate surface area is 209 Å². The number of nitrogens with one attached hydrogen (secondary N) is 1. The fourth-order valence-electron chi connectivity index (χ4n) is 4.19. The number of allylic oxidation sites excluding steroid dienone is 1. The van der Waals surface area contributed by atoms with Crippen LogP contribution in [0.25, 0.3) is 17.0 Å². The van der Waals surface area contributed by atoms with Gasteiger partial charge in [0.1, 0.15) is 11.5 Å². The number of rotatable bonds is 7. The van der Waals surface area contributed by atoms with E-state index >= 15 is 0 Å². The van der Waals surface area contributed by atoms with Gasteiger partial charge in [0, 0.05) is 11.3 Å². The molecule has 0 bridgehead atoms. The minimum absolute atomic E-state index is 0.267. The quantitative estimate of drug-likeness (QED) is 0.330. The third kappa shape index (κ3) is 4.57. The molecular formula is C27H26N4O3S. The van der Waals surface area contributed by atoms with Gasteiger partial charge in [-0.25, -0.2) is 0 Å². The minimum atomic E-state index is -0.267. The van der Waals surface area contributed by atoms with Crippen LogP contribution in [0.1, 0.15) is 42.7 Å². The Hall–Kier alpha value is -3.91. The third-order valence-electron chi connectivity index (χ3n) is 6.22. The van der Waals surface area contributed by atoms with Gasteiger partial charge in [0.25, 0.3) is 5.89 Å². The third-order valence-corrected chi connectivity index (χ3v) is 6.55. The molecule has 7 nitrogen and oxygen atoms in total. The fourth-order valence-corrected chi connectivity index (χ4v) is 4.51. The summed E-state index contributed by atoms with van der Waals surface area (Å²) in [6.07, 6.45) is 2.63. The van der Waals surface area contributed by atoms with Crippen LogP contribution in [0.15, 0.2) is 81.6 Å². The molecule has 35 heavy (non-hydrogen) atoms. The molecule has 1 unspecified atom stereocenters. The summed E-state index contributed by atoms with van der Waals surface area (Å²) in [5.41, 5.74) is 4.95. The van der Waals surface area contributed by atoms with Crippen LogP contribution in [0.3, 0.4) is 0 Å². The molecule has 0 aliphatic carbocycles. The molecular weight excluding hydrogens is 460 g/mol. The molecule has 1 aliphatic rings. The highest BCUT2D eigenvalue weighted by Gasteiger charge is 2.34. The highest BCUT2D eigenvalue weighted by Crippen LogP contribution is 2.38. The lowest BCUT2D eigenvalue weighted by atomic mass is 9.94. The van der Waals surface area contributed by atoms with Gasteiger partial charge in [-0.05, 0) is 61.0 Å². The van der Waals surface area contributed by atoms with Crippen molar-refractivity contribution in [3.05, 3.63) is 95.4 Å². The zero-order chi connectivity index (χ0) is 24.4. The Morgan fingerprint density at radius 2 is 1.86 bits per heavy atom. The van der Waals surface area contributed by atoms with Crippen molar-refractivity contribution in [3.63, 3.8) is 0 Å². The summed E-state index contributed by atoms with van der Waals surface area (Å²) in [6, 6.07) is 19.6. The average Bonchev–Trinajstić information content (AvgIpc) is 3.59. The number of hydrogen-bond acceptors (Lipinski definition) is 6. The molecule has 0 spiro atoms.